The van der Waals surface area contributed by atoms with E-state index in [1.165, 1.54) is 14.2 Å². The van der Waals surface area contributed by atoms with Gasteiger partial charge < -0.3 is 14.2 Å². The topological polar surface area (TPSA) is 78.9 Å². The summed E-state index contributed by atoms with van der Waals surface area (Å²) in [4.78, 5) is 27.0. The maximum absolute atomic E-state index is 13.4. The van der Waals surface area contributed by atoms with Crippen molar-refractivity contribution in [3.63, 3.8) is 0 Å². The summed E-state index contributed by atoms with van der Waals surface area (Å²) >= 11 is 0. The average Bonchev–Trinajstić information content (AvgIpc) is 2.74. The van der Waals surface area contributed by atoms with Crippen LogP contribution in [0.15, 0.2) is 39.6 Å². The summed E-state index contributed by atoms with van der Waals surface area (Å²) in [7, 11) is 2.59. The van der Waals surface area contributed by atoms with Gasteiger partial charge in [-0.25, -0.2) is 4.21 Å². The highest BCUT2D eigenvalue weighted by Crippen LogP contribution is 2.39. The van der Waals surface area contributed by atoms with Crippen LogP contribution in [0.5, 0.6) is 0 Å². The molecule has 0 fully saturated rings. The molecule has 0 N–H and O–H groups in total. The van der Waals surface area contributed by atoms with Crippen LogP contribution in [0, 0.1) is 12.3 Å². The molecule has 31 heavy (non-hydrogen) atoms. The molecule has 0 radical (unpaired) electrons. The molecule has 0 heterocycles. The van der Waals surface area contributed by atoms with Crippen LogP contribution in [0.1, 0.15) is 58.9 Å². The number of benzene rings is 1. The molecule has 0 saturated carbocycles. The van der Waals surface area contributed by atoms with Gasteiger partial charge in [0, 0.05) is 23.3 Å². The fourth-order valence-electron chi connectivity index (χ4n) is 3.33. The number of ether oxygens (including phenoxy) is 3. The van der Waals surface area contributed by atoms with Crippen molar-refractivity contribution in [1.82, 2.24) is 0 Å². The molecule has 1 aromatic carbocycles. The molecular formula is C24H36O6S. The Kier molecular flexibility index (Phi) is 10.1. The number of hydrogen-bond acceptors (Lipinski definition) is 6. The van der Waals surface area contributed by atoms with Gasteiger partial charge in [-0.2, -0.15) is 0 Å². The molecule has 1 rings (SSSR count). The predicted molar refractivity (Wildman–Crippen MR) is 122 cm³/mol. The van der Waals surface area contributed by atoms with Gasteiger partial charge in [-0.1, -0.05) is 23.3 Å². The van der Waals surface area contributed by atoms with E-state index in [1.807, 2.05) is 46.8 Å². The van der Waals surface area contributed by atoms with Crippen molar-refractivity contribution < 1.29 is 28.0 Å². The SMILES string of the molecule is COC(=O)C(CCCC(C)(C)OC)(CC(=C(C)C)S(=O)c1ccc(C)cc1)C(=O)OC. The van der Waals surface area contributed by atoms with E-state index in [9.17, 15) is 13.8 Å². The van der Waals surface area contributed by atoms with Gasteiger partial charge in [0.2, 0.25) is 0 Å². The minimum absolute atomic E-state index is 0.0391. The first-order valence-electron chi connectivity index (χ1n) is 10.3. The number of carbonyl (C=O) groups excluding carboxylic acids is 2. The number of methoxy groups -OCH3 is 3. The number of carbonyl (C=O) groups is 2. The Hall–Kier alpha value is -1.99. The van der Waals surface area contributed by atoms with Crippen molar-refractivity contribution in [2.24, 2.45) is 5.41 Å². The monoisotopic (exact) mass is 452 g/mol. The molecule has 0 amide bonds. The van der Waals surface area contributed by atoms with Crippen molar-refractivity contribution in [2.45, 2.75) is 70.8 Å². The van der Waals surface area contributed by atoms with Crippen molar-refractivity contribution >= 4 is 22.7 Å². The fraction of sp³-hybridized carbons (Fsp3) is 0.583. The van der Waals surface area contributed by atoms with Crippen molar-refractivity contribution in [3.8, 4) is 0 Å². The van der Waals surface area contributed by atoms with Crippen molar-refractivity contribution in [3.05, 3.63) is 40.3 Å². The zero-order valence-corrected chi connectivity index (χ0v) is 20.8. The molecular weight excluding hydrogens is 416 g/mol. The van der Waals surface area contributed by atoms with Gasteiger partial charge in [-0.15, -0.1) is 0 Å². The molecule has 7 heteroatoms. The molecule has 0 bridgehead atoms. The third-order valence-corrected chi connectivity index (χ3v) is 7.27. The van der Waals surface area contributed by atoms with Crippen LogP contribution in [0.4, 0.5) is 0 Å². The van der Waals surface area contributed by atoms with E-state index in [4.69, 9.17) is 14.2 Å². The lowest BCUT2D eigenvalue weighted by molar-refractivity contribution is -0.170. The highest BCUT2D eigenvalue weighted by molar-refractivity contribution is 7.89. The van der Waals surface area contributed by atoms with E-state index in [1.54, 1.807) is 19.2 Å². The molecule has 1 atom stereocenters. The summed E-state index contributed by atoms with van der Waals surface area (Å²) in [5.41, 5.74) is -0.144. The molecule has 1 aromatic rings. The molecule has 0 saturated heterocycles. The van der Waals surface area contributed by atoms with E-state index in [0.29, 0.717) is 22.6 Å². The summed E-state index contributed by atoms with van der Waals surface area (Å²) in [6, 6.07) is 7.37. The molecule has 6 nitrogen and oxygen atoms in total. The van der Waals surface area contributed by atoms with Gasteiger partial charge >= 0.3 is 11.9 Å². The predicted octanol–water partition coefficient (Wildman–Crippen LogP) is 4.71. The van der Waals surface area contributed by atoms with E-state index >= 15 is 0 Å². The van der Waals surface area contributed by atoms with Crippen LogP contribution in [0.3, 0.4) is 0 Å². The molecule has 0 aliphatic rings. The zero-order valence-electron chi connectivity index (χ0n) is 20.0. The second-order valence-electron chi connectivity index (χ2n) is 8.56. The van der Waals surface area contributed by atoms with Crippen LogP contribution in [-0.2, 0) is 34.6 Å². The maximum atomic E-state index is 13.4. The Balaban J connectivity index is 3.39. The lowest BCUT2D eigenvalue weighted by Crippen LogP contribution is -2.42. The van der Waals surface area contributed by atoms with Crippen LogP contribution in [-0.4, -0.2) is 43.1 Å². The summed E-state index contributed by atoms with van der Waals surface area (Å²) < 4.78 is 28.9. The van der Waals surface area contributed by atoms with E-state index in [2.05, 4.69) is 0 Å². The Bertz CT molecular complexity index is 803. The van der Waals surface area contributed by atoms with Gasteiger partial charge in [0.1, 0.15) is 0 Å². The van der Waals surface area contributed by atoms with Gasteiger partial charge in [-0.05, 0) is 66.0 Å². The minimum Gasteiger partial charge on any atom is -0.468 e. The summed E-state index contributed by atoms with van der Waals surface area (Å²) in [5.74, 6) is -1.37. The Morgan fingerprint density at radius 1 is 0.935 bits per heavy atom. The first-order chi connectivity index (χ1) is 14.4. The second kappa shape index (κ2) is 11.6. The maximum Gasteiger partial charge on any atom is 0.323 e. The average molecular weight is 453 g/mol. The van der Waals surface area contributed by atoms with Crippen molar-refractivity contribution in [1.29, 1.82) is 0 Å². The lowest BCUT2D eigenvalue weighted by atomic mass is 9.78. The minimum atomic E-state index is -1.58. The Morgan fingerprint density at radius 3 is 1.87 bits per heavy atom. The smallest absolute Gasteiger partial charge is 0.323 e. The number of esters is 2. The van der Waals surface area contributed by atoms with E-state index in [-0.39, 0.29) is 12.8 Å². The highest BCUT2D eigenvalue weighted by Gasteiger charge is 2.49. The molecule has 0 aliphatic heterocycles. The van der Waals surface area contributed by atoms with E-state index < -0.39 is 33.8 Å². The Labute approximate surface area is 188 Å². The Morgan fingerprint density at radius 2 is 1.45 bits per heavy atom. The van der Waals surface area contributed by atoms with E-state index in [0.717, 1.165) is 11.1 Å². The van der Waals surface area contributed by atoms with Gasteiger partial charge in [0.05, 0.1) is 30.6 Å². The number of aryl methyl sites for hydroxylation is 1. The molecule has 174 valence electrons. The number of hydrogen-bond donors (Lipinski definition) is 0. The normalized spacial score (nSPS) is 12.8. The number of allylic oxidation sites excluding steroid dienone is 2. The van der Waals surface area contributed by atoms with Crippen LogP contribution >= 0.6 is 0 Å². The standard InChI is InChI=1S/C24H36O6S/c1-17(2)20(31(27)19-12-10-18(3)11-13-19)16-24(21(25)28-6,22(26)29-7)15-9-14-23(4,5)30-8/h10-13H,9,14-16H2,1-8H3. The van der Waals surface area contributed by atoms with Crippen LogP contribution in [0.25, 0.3) is 0 Å². The molecule has 0 spiro atoms. The van der Waals surface area contributed by atoms with Crippen LogP contribution < -0.4 is 0 Å². The van der Waals surface area contributed by atoms with Crippen molar-refractivity contribution in [2.75, 3.05) is 21.3 Å². The second-order valence-corrected chi connectivity index (χ2v) is 10.1. The summed E-state index contributed by atoms with van der Waals surface area (Å²) in [5, 5.41) is 0. The third kappa shape index (κ3) is 7.01. The van der Waals surface area contributed by atoms with Gasteiger partial charge in [0.25, 0.3) is 0 Å². The number of rotatable bonds is 11. The summed E-state index contributed by atoms with van der Waals surface area (Å²) in [6.07, 6.45) is 1.31. The lowest BCUT2D eigenvalue weighted by Gasteiger charge is -2.31. The first kappa shape index (κ1) is 27.0. The summed E-state index contributed by atoms with van der Waals surface area (Å²) in [6.45, 7) is 9.50. The van der Waals surface area contributed by atoms with Gasteiger partial charge in [-0.3, -0.25) is 9.59 Å². The molecule has 1 unspecified atom stereocenters. The molecule has 0 aliphatic carbocycles. The molecule has 0 aromatic heterocycles. The largest absolute Gasteiger partial charge is 0.468 e. The zero-order chi connectivity index (χ0) is 23.8. The third-order valence-electron chi connectivity index (χ3n) is 5.57. The van der Waals surface area contributed by atoms with Crippen LogP contribution in [0.2, 0.25) is 0 Å². The quantitative estimate of drug-likeness (QED) is 0.357. The first-order valence-corrected chi connectivity index (χ1v) is 11.5. The van der Waals surface area contributed by atoms with Gasteiger partial charge in [0.15, 0.2) is 5.41 Å². The highest BCUT2D eigenvalue weighted by atomic mass is 32.2. The fourth-order valence-corrected chi connectivity index (χ4v) is 4.75.